The van der Waals surface area contributed by atoms with Gasteiger partial charge in [-0.15, -0.1) is 0 Å². The molecular formula is C91H129N19O21. The van der Waals surface area contributed by atoms with E-state index in [4.69, 9.17) is 21.9 Å². The summed E-state index contributed by atoms with van der Waals surface area (Å²) >= 11 is 0. The largest absolute Gasteiger partial charge is 0.497 e. The SMILES string of the molecule is CCCC[C@H]1C(=O)N(C)[C@@H](CCCC)C(=O)N[C@@H](CC(C)C)C(=O)NCCCCC(=O)N[C@@H](Cc2ccc(OC)cc2)C(=O)N2CCCC[C@H]2C(=O)N[C@@H](CC(N)=O)C(=O)N2CCC[C@H]2C(=O)N[C@@H](CN)C(=O)N[C@@H](CCC(=O)O)C(=O)N2C[C@H](O)C[C@H]2C(=O)N[C@@H](Cc2c[nH]c3ccccc23)C(=O)N[C@@H](CCN)C(=O)N[C@@H](Cc2cn(CC(=O)O)c3ccccc23)C(=O)N1C. The predicted molar refractivity (Wildman–Crippen MR) is 480 cm³/mol. The maximum atomic E-state index is 15.9. The standard InChI is InChI=1S/C91H129N19O21/c1-8-10-24-70-83(122)100-63(41-52(3)4)79(118)95-38-18-16-29-76(113)97-65(42-53-30-32-57(131-7)33-31-53)89(128)108-39-19-17-27-71(108)84(123)103-67(46-75(94)112)90(129)109-40-20-28-72(109)85(124)104-68(47-93)82(121)99-62(34-35-77(114)115)88(127)110-50-56(111)45-74(110)86(125)101-64(43-54-48-96-60-23-14-12-21-58(54)60)81(120)98-61(36-37-92)80(119)102-66(87(126)106(6)73(25-11-9-2)91(130)105(70)5)44-55-49-107(51-78(116)117)69-26-15-13-22-59(55)69/h12-15,21-23,26,30-33,48-49,52,56,61-68,70-74,96,111H,8-11,16-20,24-25,27-29,34-47,50-51,92-93H2,1-7H3,(H2,94,112)(H,95,118)(H,97,113)(H,98,120)(H,99,121)(H,100,122)(H,101,125)(H,102,119)(H,103,123)(H,104,124)(H,114,115)(H,116,117)/t56-,61+,62+,63+,64+,65+,66+,67+,68+,70+,71+,72+,73+,74+/m1/s1. The quantitative estimate of drug-likeness (QED) is 0.0362. The summed E-state index contributed by atoms with van der Waals surface area (Å²) in [6.07, 6.45) is 1.54. The van der Waals surface area contributed by atoms with Crippen molar-refractivity contribution in [2.24, 2.45) is 23.1 Å². The monoisotopic (exact) mass is 1820 g/mol. The third-order valence-electron chi connectivity index (χ3n) is 24.6. The molecule has 0 aliphatic carbocycles. The van der Waals surface area contributed by atoms with Crippen LogP contribution in [0.5, 0.6) is 5.75 Å². The number of benzene rings is 3. The summed E-state index contributed by atoms with van der Waals surface area (Å²) in [5.74, 6) is -15.3. The third kappa shape index (κ3) is 27.7. The summed E-state index contributed by atoms with van der Waals surface area (Å²) in [7, 11) is 4.28. The molecule has 14 atom stereocenters. The van der Waals surface area contributed by atoms with E-state index in [0.717, 1.165) is 9.80 Å². The molecule has 0 unspecified atom stereocenters. The van der Waals surface area contributed by atoms with Crippen molar-refractivity contribution in [2.45, 2.75) is 267 Å². The molecule has 5 aromatic rings. The molecule has 0 spiro atoms. The Morgan fingerprint density at radius 3 is 1.73 bits per heavy atom. The molecule has 131 heavy (non-hydrogen) atoms. The number of aliphatic carboxylic acids is 2. The molecule has 40 nitrogen and oxygen atoms in total. The Balaban J connectivity index is 1.08. The molecule has 0 bridgehead atoms. The van der Waals surface area contributed by atoms with E-state index >= 15 is 38.4 Å². The number of aromatic amines is 1. The van der Waals surface area contributed by atoms with Gasteiger partial charge in [-0.05, 0) is 130 Å². The van der Waals surface area contributed by atoms with Crippen LogP contribution in [0, 0.1) is 5.92 Å². The number of aromatic nitrogens is 2. The molecular weight excluding hydrogens is 1700 g/mol. The second kappa shape index (κ2) is 48.9. The summed E-state index contributed by atoms with van der Waals surface area (Å²) in [5.41, 5.74) is 20.7. The number of methoxy groups -OCH3 is 1. The zero-order valence-electron chi connectivity index (χ0n) is 75.6. The van der Waals surface area contributed by atoms with Gasteiger partial charge in [0.05, 0.1) is 19.6 Å². The first-order valence-electron chi connectivity index (χ1n) is 45.3. The van der Waals surface area contributed by atoms with E-state index in [0.29, 0.717) is 82.8 Å². The van der Waals surface area contributed by atoms with Gasteiger partial charge in [-0.1, -0.05) is 102 Å². The molecule has 4 aliphatic heterocycles. The number of carbonyl (C=O) groups is 17. The Kier molecular flexibility index (Phi) is 38.1. The lowest BCUT2D eigenvalue weighted by Crippen LogP contribution is -2.62. The number of nitrogens with one attached hydrogen (secondary N) is 10. The normalized spacial score (nSPS) is 25.2. The number of carboxylic acids is 2. The number of nitrogens with two attached hydrogens (primary N) is 3. The highest BCUT2D eigenvalue weighted by Crippen LogP contribution is 2.30. The minimum absolute atomic E-state index is 0.0235. The minimum Gasteiger partial charge on any atom is -0.497 e. The zero-order valence-corrected chi connectivity index (χ0v) is 75.6. The number of primary amides is 1. The van der Waals surface area contributed by atoms with Crippen LogP contribution in [0.2, 0.25) is 0 Å². The number of unbranched alkanes of at least 4 members (excludes halogenated alkanes) is 2. The number of para-hydroxylation sites is 2. The highest BCUT2D eigenvalue weighted by Gasteiger charge is 2.47. The molecule has 4 aliphatic rings. The van der Waals surface area contributed by atoms with Crippen molar-refractivity contribution in [1.82, 2.24) is 81.9 Å². The Morgan fingerprint density at radius 1 is 0.519 bits per heavy atom. The average Bonchev–Trinajstić information content (AvgIpc) is 1.63. The molecule has 4 fully saturated rings. The molecule has 19 N–H and O–H groups in total. The third-order valence-corrected chi connectivity index (χ3v) is 24.6. The van der Waals surface area contributed by atoms with Gasteiger partial charge in [-0.3, -0.25) is 81.5 Å². The number of rotatable bonds is 25. The van der Waals surface area contributed by atoms with Crippen LogP contribution in [0.3, 0.4) is 0 Å². The van der Waals surface area contributed by atoms with Gasteiger partial charge >= 0.3 is 11.9 Å². The number of carbonyl (C=O) groups excluding carboxylic acids is 15. The van der Waals surface area contributed by atoms with Gasteiger partial charge in [0.2, 0.25) is 88.6 Å². The van der Waals surface area contributed by atoms with E-state index in [1.54, 1.807) is 79.0 Å². The maximum Gasteiger partial charge on any atom is 0.323 e. The lowest BCUT2D eigenvalue weighted by Gasteiger charge is -2.38. The lowest BCUT2D eigenvalue weighted by atomic mass is 9.97. The Morgan fingerprint density at radius 2 is 1.08 bits per heavy atom. The van der Waals surface area contributed by atoms with Gasteiger partial charge in [-0.25, -0.2) is 0 Å². The summed E-state index contributed by atoms with van der Waals surface area (Å²) in [5, 5.41) is 57.2. The van der Waals surface area contributed by atoms with Crippen LogP contribution in [0.1, 0.15) is 173 Å². The van der Waals surface area contributed by atoms with Gasteiger partial charge in [0.1, 0.15) is 90.8 Å². The van der Waals surface area contributed by atoms with E-state index in [9.17, 15) is 58.5 Å². The molecule has 3 aromatic carbocycles. The van der Waals surface area contributed by atoms with Crippen LogP contribution < -0.4 is 69.8 Å². The fraction of sp³-hybridized carbons (Fsp3) is 0.571. The molecule has 40 heteroatoms. The first-order valence-corrected chi connectivity index (χ1v) is 45.3. The first kappa shape index (κ1) is 102. The molecule has 9 rings (SSSR count). The molecule has 4 saturated heterocycles. The number of ether oxygens (including phenoxy) is 1. The molecule has 6 heterocycles. The topological polar surface area (TPSA) is 583 Å². The van der Waals surface area contributed by atoms with E-state index in [-0.39, 0.29) is 116 Å². The van der Waals surface area contributed by atoms with Crippen molar-refractivity contribution >= 4 is 122 Å². The Hall–Kier alpha value is -12.6. The highest BCUT2D eigenvalue weighted by atomic mass is 16.5. The average molecular weight is 1830 g/mol. The molecule has 2 aromatic heterocycles. The number of carboxylic acid groups (broad SMARTS) is 2. The van der Waals surface area contributed by atoms with E-state index < -0.39 is 231 Å². The van der Waals surface area contributed by atoms with E-state index in [1.807, 2.05) is 27.7 Å². The summed E-state index contributed by atoms with van der Waals surface area (Å²) in [4.78, 5) is 257. The zero-order chi connectivity index (χ0) is 95.4. The van der Waals surface area contributed by atoms with Crippen LogP contribution in [0.25, 0.3) is 21.8 Å². The van der Waals surface area contributed by atoms with E-state index in [2.05, 4.69) is 52.8 Å². The number of nitrogens with zero attached hydrogens (tertiary/aromatic N) is 6. The Bertz CT molecular complexity index is 4900. The number of aliphatic hydroxyl groups is 1. The van der Waals surface area contributed by atoms with Crippen LogP contribution >= 0.6 is 0 Å². The second-order valence-corrected chi connectivity index (χ2v) is 34.7. The molecule has 0 radical (unpaired) electrons. The number of hydrogen-bond acceptors (Lipinski definition) is 21. The summed E-state index contributed by atoms with van der Waals surface area (Å²) in [6, 6.07) is 1.04. The first-order chi connectivity index (χ1) is 62.6. The molecule has 15 amide bonds. The maximum absolute atomic E-state index is 15.9. The van der Waals surface area contributed by atoms with Crippen molar-refractivity contribution in [3.05, 3.63) is 102 Å². The lowest BCUT2D eigenvalue weighted by molar-refractivity contribution is -0.149. The fourth-order valence-corrected chi connectivity index (χ4v) is 17.5. The van der Waals surface area contributed by atoms with Crippen molar-refractivity contribution in [1.29, 1.82) is 0 Å². The van der Waals surface area contributed by atoms with Gasteiger partial charge in [0, 0.05) is 120 Å². The van der Waals surface area contributed by atoms with Crippen LogP contribution in [-0.2, 0) is 107 Å². The van der Waals surface area contributed by atoms with Crippen LogP contribution in [-0.4, -0.2) is 295 Å². The van der Waals surface area contributed by atoms with Gasteiger partial charge in [0.25, 0.3) is 0 Å². The van der Waals surface area contributed by atoms with Crippen LogP contribution in [0.15, 0.2) is 85.2 Å². The van der Waals surface area contributed by atoms with Gasteiger partial charge < -0.3 is 119 Å². The highest BCUT2D eigenvalue weighted by molar-refractivity contribution is 6.02. The van der Waals surface area contributed by atoms with Crippen LogP contribution in [0.4, 0.5) is 0 Å². The number of amides is 15. The van der Waals surface area contributed by atoms with Crippen molar-refractivity contribution in [3.8, 4) is 5.75 Å². The summed E-state index contributed by atoms with van der Waals surface area (Å²) in [6.45, 7) is 5.40. The molecule has 0 saturated carbocycles. The number of fused-ring (bicyclic) bond motifs is 5. The van der Waals surface area contributed by atoms with Crippen molar-refractivity contribution in [2.75, 3.05) is 60.5 Å². The number of likely N-dealkylation sites (N-methyl/N-ethyl adjacent to an activating group) is 2. The van der Waals surface area contributed by atoms with Crippen molar-refractivity contribution < 1.29 is 102 Å². The number of hydrogen-bond donors (Lipinski definition) is 16. The number of aliphatic hydroxyl groups excluding tert-OH is 1. The molecule has 714 valence electrons. The fourth-order valence-electron chi connectivity index (χ4n) is 17.5. The van der Waals surface area contributed by atoms with Crippen molar-refractivity contribution in [3.63, 3.8) is 0 Å². The smallest absolute Gasteiger partial charge is 0.323 e. The number of H-pyrrole nitrogens is 1. The minimum atomic E-state index is -1.82. The van der Waals surface area contributed by atoms with Gasteiger partial charge in [0.15, 0.2) is 0 Å². The summed E-state index contributed by atoms with van der Waals surface area (Å²) < 4.78 is 6.83. The Labute approximate surface area is 760 Å². The predicted octanol–water partition coefficient (Wildman–Crippen LogP) is -0.116. The van der Waals surface area contributed by atoms with Gasteiger partial charge in [-0.2, -0.15) is 0 Å². The number of piperidine rings is 1. The van der Waals surface area contributed by atoms with E-state index in [1.165, 1.54) is 46.7 Å². The second-order valence-electron chi connectivity index (χ2n) is 34.7.